The first-order valence-electron chi connectivity index (χ1n) is 14.4. The summed E-state index contributed by atoms with van der Waals surface area (Å²) < 4.78 is 53.9. The highest BCUT2D eigenvalue weighted by Crippen LogP contribution is 2.38. The minimum absolute atomic E-state index is 0.0373. The second-order valence-corrected chi connectivity index (χ2v) is 11.2. The van der Waals surface area contributed by atoms with Crippen molar-refractivity contribution >= 4 is 23.7 Å². The summed E-state index contributed by atoms with van der Waals surface area (Å²) in [6, 6.07) is 10.7. The molecule has 2 atom stereocenters. The van der Waals surface area contributed by atoms with Gasteiger partial charge in [0.15, 0.2) is 0 Å². The second kappa shape index (κ2) is 13.5. The number of piperidine rings is 1. The van der Waals surface area contributed by atoms with Gasteiger partial charge in [-0.15, -0.1) is 0 Å². The number of rotatable bonds is 9. The highest BCUT2D eigenvalue weighted by molar-refractivity contribution is 5.94. The lowest BCUT2D eigenvalue weighted by Gasteiger charge is -2.41. The van der Waals surface area contributed by atoms with Crippen LogP contribution in [0.5, 0.6) is 17.2 Å². The van der Waals surface area contributed by atoms with Gasteiger partial charge in [0, 0.05) is 25.5 Å². The summed E-state index contributed by atoms with van der Waals surface area (Å²) in [6.45, 7) is 0.510. The zero-order valence-electron chi connectivity index (χ0n) is 25.5. The predicted octanol–water partition coefficient (Wildman–Crippen LogP) is 2.34. The monoisotopic (exact) mass is 653 g/mol. The summed E-state index contributed by atoms with van der Waals surface area (Å²) in [4.78, 5) is 56.3. The van der Waals surface area contributed by atoms with Gasteiger partial charge in [0.2, 0.25) is 5.91 Å². The van der Waals surface area contributed by atoms with Crippen molar-refractivity contribution in [2.45, 2.75) is 50.6 Å². The molecule has 0 saturated carbocycles. The summed E-state index contributed by atoms with van der Waals surface area (Å²) in [7, 11) is 3.08. The van der Waals surface area contributed by atoms with E-state index in [0.717, 1.165) is 12.5 Å². The minimum atomic E-state index is -5.31. The van der Waals surface area contributed by atoms with E-state index in [-0.39, 0.29) is 45.5 Å². The molecule has 13 nitrogen and oxygen atoms in total. The van der Waals surface area contributed by atoms with Gasteiger partial charge < -0.3 is 24.8 Å². The average Bonchev–Trinajstić information content (AvgIpc) is 3.34. The summed E-state index contributed by atoms with van der Waals surface area (Å²) in [5, 5.41) is 9.50. The number of nitrogens with two attached hydrogens (primary N) is 1. The number of carbonyl (C=O) groups is 4. The van der Waals surface area contributed by atoms with E-state index in [1.54, 1.807) is 62.2 Å². The Morgan fingerprint density at radius 2 is 1.65 bits per heavy atom. The van der Waals surface area contributed by atoms with E-state index in [1.165, 1.54) is 4.90 Å². The van der Waals surface area contributed by atoms with E-state index >= 15 is 0 Å². The topological polar surface area (TPSA) is 167 Å². The number of ether oxygens (including phenoxy) is 3. The Labute approximate surface area is 262 Å². The number of carbonyl (C=O) groups excluding carboxylic acids is 4. The van der Waals surface area contributed by atoms with Gasteiger partial charge in [-0.05, 0) is 47.7 Å². The Morgan fingerprint density at radius 3 is 2.15 bits per heavy atom. The third-order valence-electron chi connectivity index (χ3n) is 8.52. The molecule has 2 aromatic rings. The van der Waals surface area contributed by atoms with Crippen molar-refractivity contribution in [3.63, 3.8) is 0 Å². The van der Waals surface area contributed by atoms with Gasteiger partial charge in [0.25, 0.3) is 5.91 Å². The molecule has 46 heavy (non-hydrogen) atoms. The first-order chi connectivity index (χ1) is 21.7. The molecule has 16 heteroatoms. The van der Waals surface area contributed by atoms with Gasteiger partial charge in [0.05, 0.1) is 21.1 Å². The summed E-state index contributed by atoms with van der Waals surface area (Å²) in [6.07, 6.45) is -5.34. The van der Waals surface area contributed by atoms with E-state index in [2.05, 4.69) is 4.84 Å². The van der Waals surface area contributed by atoms with Crippen LogP contribution < -0.4 is 25.4 Å². The van der Waals surface area contributed by atoms with Gasteiger partial charge in [-0.2, -0.15) is 13.2 Å². The number of alkyl halides is 3. The molecule has 0 aliphatic carbocycles. The third kappa shape index (κ3) is 7.03. The molecule has 0 aromatic heterocycles. The number of benzene rings is 2. The number of likely N-dealkylation sites (tertiary alicyclic amines) is 2. The van der Waals surface area contributed by atoms with E-state index < -0.39 is 52.0 Å². The van der Waals surface area contributed by atoms with Crippen LogP contribution in [0.15, 0.2) is 42.5 Å². The maximum atomic E-state index is 13.8. The summed E-state index contributed by atoms with van der Waals surface area (Å²) in [5.41, 5.74) is 7.90. The first-order valence-corrected chi connectivity index (χ1v) is 14.4. The summed E-state index contributed by atoms with van der Waals surface area (Å²) in [5.74, 6) is -3.85. The number of hydroxylamine groups is 4. The fraction of sp³-hybridized carbons (Fsp3) is 0.467. The number of amides is 3. The largest absolute Gasteiger partial charge is 0.497 e. The standard InChI is InChI=1S/C30H35F3N4O9/c1-18(38)37(46-28(41)30(31,32)33)12-8-20(9-13-37)25(26(39)35-42)36-11-10-29(34,27(36)40)21-4-6-22(7-5-21)45-17-19-14-23(43-2)16-24(15-19)44-3/h4-7,14-16,20,25H,8-13,17,34H2,1-3H3,(H-,35,39,42)/p+1. The highest BCUT2D eigenvalue weighted by Gasteiger charge is 2.55. The van der Waals surface area contributed by atoms with Crippen LogP contribution in [-0.4, -0.2) is 84.5 Å². The van der Waals surface area contributed by atoms with E-state index in [9.17, 15) is 37.6 Å². The van der Waals surface area contributed by atoms with Crippen molar-refractivity contribution < 1.29 is 61.3 Å². The van der Waals surface area contributed by atoms with Crippen LogP contribution in [-0.2, 0) is 36.2 Å². The van der Waals surface area contributed by atoms with Crippen molar-refractivity contribution in [1.29, 1.82) is 0 Å². The quantitative estimate of drug-likeness (QED) is 0.208. The zero-order chi connectivity index (χ0) is 33.9. The maximum Gasteiger partial charge on any atom is 0.497 e. The lowest BCUT2D eigenvalue weighted by Crippen LogP contribution is -2.62. The second-order valence-electron chi connectivity index (χ2n) is 11.2. The summed E-state index contributed by atoms with van der Waals surface area (Å²) >= 11 is 0. The van der Waals surface area contributed by atoms with E-state index in [4.69, 9.17) is 19.9 Å². The van der Waals surface area contributed by atoms with Crippen molar-refractivity contribution in [2.75, 3.05) is 33.9 Å². The number of hydrogen-bond acceptors (Lipinski definition) is 10. The van der Waals surface area contributed by atoms with Crippen molar-refractivity contribution in [2.24, 2.45) is 11.7 Å². The van der Waals surface area contributed by atoms with Gasteiger partial charge in [0.1, 0.15) is 48.5 Å². The molecule has 4 N–H and O–H groups in total. The number of methoxy groups -OCH3 is 2. The van der Waals surface area contributed by atoms with Gasteiger partial charge in [-0.1, -0.05) is 16.8 Å². The van der Waals surface area contributed by atoms with Crippen LogP contribution in [0.1, 0.15) is 37.3 Å². The zero-order valence-corrected chi connectivity index (χ0v) is 25.5. The number of halogens is 3. The first kappa shape index (κ1) is 34.5. The van der Waals surface area contributed by atoms with Crippen LogP contribution in [0, 0.1) is 5.92 Å². The van der Waals surface area contributed by atoms with Crippen LogP contribution in [0.3, 0.4) is 0 Å². The lowest BCUT2D eigenvalue weighted by molar-refractivity contribution is -1.03. The third-order valence-corrected chi connectivity index (χ3v) is 8.52. The Bertz CT molecular complexity index is 1440. The fourth-order valence-corrected chi connectivity index (χ4v) is 5.94. The van der Waals surface area contributed by atoms with Gasteiger partial charge in [-0.25, -0.2) is 15.1 Å². The number of quaternary nitrogens is 1. The molecular weight excluding hydrogens is 617 g/mol. The van der Waals surface area contributed by atoms with Crippen LogP contribution in [0.25, 0.3) is 0 Å². The maximum absolute atomic E-state index is 13.8. The molecule has 0 radical (unpaired) electrons. The molecule has 0 bridgehead atoms. The molecular formula is C30H36F3N4O9+. The average molecular weight is 654 g/mol. The molecule has 2 unspecified atom stereocenters. The van der Waals surface area contributed by atoms with Crippen molar-refractivity contribution in [1.82, 2.24) is 10.4 Å². The minimum Gasteiger partial charge on any atom is -0.497 e. The van der Waals surface area contributed by atoms with E-state index in [1.807, 2.05) is 0 Å². The van der Waals surface area contributed by atoms with Crippen LogP contribution in [0.4, 0.5) is 13.2 Å². The molecule has 0 spiro atoms. The smallest absolute Gasteiger partial charge is 0.497 e. The van der Waals surface area contributed by atoms with E-state index in [0.29, 0.717) is 22.8 Å². The molecule has 2 aliphatic heterocycles. The van der Waals surface area contributed by atoms with Crippen molar-refractivity contribution in [3.8, 4) is 17.2 Å². The van der Waals surface area contributed by atoms with Gasteiger partial charge >= 0.3 is 18.1 Å². The Balaban J connectivity index is 1.46. The van der Waals surface area contributed by atoms with Crippen LogP contribution >= 0.6 is 0 Å². The molecule has 2 fully saturated rings. The number of nitrogens with zero attached hydrogens (tertiary/aromatic N) is 2. The highest BCUT2D eigenvalue weighted by atomic mass is 19.4. The normalized spacial score (nSPS) is 23.8. The molecule has 2 saturated heterocycles. The van der Waals surface area contributed by atoms with Gasteiger partial charge in [-0.3, -0.25) is 19.6 Å². The van der Waals surface area contributed by atoms with Crippen LogP contribution in [0.2, 0.25) is 0 Å². The lowest BCUT2D eigenvalue weighted by atomic mass is 9.86. The van der Waals surface area contributed by atoms with Crippen molar-refractivity contribution in [3.05, 3.63) is 53.6 Å². The number of hydrogen-bond donors (Lipinski definition) is 3. The number of nitrogens with one attached hydrogen (secondary N) is 1. The fourth-order valence-electron chi connectivity index (χ4n) is 5.94. The Morgan fingerprint density at radius 1 is 1.07 bits per heavy atom. The molecule has 2 aliphatic rings. The Hall–Kier alpha value is -4.41. The Kier molecular flexibility index (Phi) is 10.1. The SMILES string of the molecule is COc1cc(COc2ccc(C3(N)CCN(C(C(=O)NO)C4CC[N+](OC(=O)C(F)(F)F)(C(C)=O)CC4)C3=O)cc2)cc(OC)c1. The predicted molar refractivity (Wildman–Crippen MR) is 152 cm³/mol. The molecule has 4 rings (SSSR count). The molecule has 2 heterocycles. The molecule has 250 valence electrons. The molecule has 2 aromatic carbocycles. The molecule has 3 amide bonds.